The Balaban J connectivity index is 2.07. The summed E-state index contributed by atoms with van der Waals surface area (Å²) in [6.07, 6.45) is 1.30. The summed E-state index contributed by atoms with van der Waals surface area (Å²) in [5, 5.41) is 3.02. The first-order chi connectivity index (χ1) is 13.4. The first kappa shape index (κ1) is 18.7. The van der Waals surface area contributed by atoms with Crippen molar-refractivity contribution in [2.75, 3.05) is 18.6 Å². The fourth-order valence-corrected chi connectivity index (χ4v) is 4.22. The fraction of sp³-hybridized carbons (Fsp3) is 0.200. The lowest BCUT2D eigenvalue weighted by atomic mass is 9.90. The third kappa shape index (κ3) is 2.92. The van der Waals surface area contributed by atoms with Gasteiger partial charge >= 0.3 is 0 Å². The van der Waals surface area contributed by atoms with Crippen LogP contribution in [0.3, 0.4) is 0 Å². The zero-order chi connectivity index (χ0) is 20.0. The molecule has 0 bridgehead atoms. The molecule has 1 N–H and O–H groups in total. The molecule has 1 amide bonds. The van der Waals surface area contributed by atoms with Crippen LogP contribution in [0.2, 0.25) is 0 Å². The summed E-state index contributed by atoms with van der Waals surface area (Å²) in [7, 11) is 1.49. The van der Waals surface area contributed by atoms with E-state index >= 15 is 0 Å². The van der Waals surface area contributed by atoms with E-state index in [1.54, 1.807) is 11.8 Å². The van der Waals surface area contributed by atoms with Crippen molar-refractivity contribution >= 4 is 28.6 Å². The van der Waals surface area contributed by atoms with Crippen molar-refractivity contribution in [1.82, 2.24) is 10.3 Å². The Morgan fingerprint density at radius 2 is 1.89 bits per heavy atom. The van der Waals surface area contributed by atoms with Gasteiger partial charge in [0.05, 0.1) is 11.1 Å². The number of carbonyl (C=O) groups is 1. The van der Waals surface area contributed by atoms with Crippen LogP contribution in [0.4, 0.5) is 17.6 Å². The second-order valence-electron chi connectivity index (χ2n) is 6.47. The molecule has 0 saturated carbocycles. The number of nitrogens with one attached hydrogen (secondary N) is 1. The lowest BCUT2D eigenvalue weighted by Crippen LogP contribution is -2.25. The molecule has 8 heteroatoms. The van der Waals surface area contributed by atoms with E-state index < -0.39 is 28.8 Å². The highest BCUT2D eigenvalue weighted by Crippen LogP contribution is 2.42. The number of hydrogen-bond acceptors (Lipinski definition) is 3. The topological polar surface area (TPSA) is 42.0 Å². The van der Waals surface area contributed by atoms with Gasteiger partial charge in [0.1, 0.15) is 11.6 Å². The average molecular weight is 406 g/mol. The van der Waals surface area contributed by atoms with Crippen LogP contribution in [0.1, 0.15) is 21.8 Å². The molecule has 2 heterocycles. The van der Waals surface area contributed by atoms with Crippen LogP contribution >= 0.6 is 11.8 Å². The molecule has 0 radical (unpaired) electrons. The quantitative estimate of drug-likeness (QED) is 0.509. The van der Waals surface area contributed by atoms with E-state index in [1.165, 1.54) is 19.3 Å². The molecular weight excluding hydrogens is 392 g/mol. The van der Waals surface area contributed by atoms with Crippen LogP contribution in [0.5, 0.6) is 0 Å². The normalized spacial score (nSPS) is 14.2. The average Bonchev–Trinajstić information content (AvgIpc) is 2.63. The predicted octanol–water partition coefficient (Wildman–Crippen LogP) is 4.65. The third-order valence-electron chi connectivity index (χ3n) is 4.81. The summed E-state index contributed by atoms with van der Waals surface area (Å²) in [6.45, 7) is 0. The van der Waals surface area contributed by atoms with Crippen molar-refractivity contribution in [3.05, 3.63) is 64.9 Å². The molecule has 0 atom stereocenters. The monoisotopic (exact) mass is 406 g/mol. The summed E-state index contributed by atoms with van der Waals surface area (Å²) in [6, 6.07) is 3.71. The molecule has 28 heavy (non-hydrogen) atoms. The van der Waals surface area contributed by atoms with Gasteiger partial charge in [-0.1, -0.05) is 0 Å². The van der Waals surface area contributed by atoms with Gasteiger partial charge in [0.2, 0.25) is 0 Å². The third-order valence-corrected chi connectivity index (χ3v) is 6.09. The van der Waals surface area contributed by atoms with Crippen molar-refractivity contribution in [3.63, 3.8) is 0 Å². The Labute approximate surface area is 162 Å². The molecule has 1 aromatic heterocycles. The number of nitrogens with zero attached hydrogens (tertiary/aromatic N) is 1. The lowest BCUT2D eigenvalue weighted by Gasteiger charge is -2.28. The van der Waals surface area contributed by atoms with E-state index in [9.17, 15) is 22.4 Å². The minimum atomic E-state index is -1.41. The van der Waals surface area contributed by atoms with Gasteiger partial charge in [0.15, 0.2) is 11.6 Å². The van der Waals surface area contributed by atoms with Gasteiger partial charge in [0.25, 0.3) is 5.91 Å². The van der Waals surface area contributed by atoms with Gasteiger partial charge in [-0.15, -0.1) is 0 Å². The van der Waals surface area contributed by atoms with Crippen LogP contribution in [0.25, 0.3) is 22.0 Å². The second-order valence-corrected chi connectivity index (χ2v) is 7.54. The number of pyridine rings is 1. The van der Waals surface area contributed by atoms with Crippen LogP contribution < -0.4 is 5.32 Å². The predicted molar refractivity (Wildman–Crippen MR) is 100 cm³/mol. The molecule has 1 saturated heterocycles. The van der Waals surface area contributed by atoms with E-state index in [0.29, 0.717) is 22.6 Å². The Bertz CT molecular complexity index is 1120. The Kier molecular flexibility index (Phi) is 4.74. The number of thioether (sulfide) groups is 1. The van der Waals surface area contributed by atoms with E-state index in [4.69, 9.17) is 0 Å². The smallest absolute Gasteiger partial charge is 0.252 e. The molecule has 1 aliphatic heterocycles. The van der Waals surface area contributed by atoms with Crippen LogP contribution in [-0.2, 0) is 0 Å². The lowest BCUT2D eigenvalue weighted by molar-refractivity contribution is 0.0961. The van der Waals surface area contributed by atoms with Crippen LogP contribution in [-0.4, -0.2) is 29.4 Å². The van der Waals surface area contributed by atoms with Gasteiger partial charge in [-0.05, 0) is 23.8 Å². The Morgan fingerprint density at radius 3 is 2.54 bits per heavy atom. The second kappa shape index (κ2) is 7.09. The molecule has 4 rings (SSSR count). The van der Waals surface area contributed by atoms with Crippen molar-refractivity contribution < 1.29 is 22.4 Å². The van der Waals surface area contributed by atoms with Gasteiger partial charge in [-0.3, -0.25) is 9.78 Å². The largest absolute Gasteiger partial charge is 0.355 e. The van der Waals surface area contributed by atoms with E-state index in [1.807, 2.05) is 0 Å². The fourth-order valence-electron chi connectivity index (χ4n) is 3.41. The van der Waals surface area contributed by atoms with E-state index in [0.717, 1.165) is 23.6 Å². The first-order valence-corrected chi connectivity index (χ1v) is 9.63. The standard InChI is InChI=1S/C20H14F4N2OS/c1-25-20(27)13-6-26-19-11(16(13)9-7-28-8-9)2-3-14(22)17(19)12-4-10(21)5-15(23)18(12)24/h2-6,9H,7-8H2,1H3,(H,25,27). The number of benzene rings is 2. The highest BCUT2D eigenvalue weighted by atomic mass is 32.2. The maximum Gasteiger partial charge on any atom is 0.252 e. The number of fused-ring (bicyclic) bond motifs is 1. The summed E-state index contributed by atoms with van der Waals surface area (Å²) in [5.74, 6) is -3.38. The molecule has 0 unspecified atom stereocenters. The molecule has 2 aromatic carbocycles. The first-order valence-electron chi connectivity index (χ1n) is 8.48. The molecule has 1 fully saturated rings. The minimum Gasteiger partial charge on any atom is -0.355 e. The number of halogens is 4. The summed E-state index contributed by atoms with van der Waals surface area (Å²) < 4.78 is 56.5. The molecule has 144 valence electrons. The molecule has 0 spiro atoms. The maximum absolute atomic E-state index is 14.7. The van der Waals surface area contributed by atoms with Crippen LogP contribution in [0.15, 0.2) is 30.5 Å². The van der Waals surface area contributed by atoms with Gasteiger partial charge in [0, 0.05) is 53.2 Å². The minimum absolute atomic E-state index is 0.0511. The number of aromatic nitrogens is 1. The number of carbonyl (C=O) groups excluding carboxylic acids is 1. The van der Waals surface area contributed by atoms with Crippen LogP contribution in [0, 0.1) is 23.3 Å². The molecule has 3 nitrogen and oxygen atoms in total. The van der Waals surface area contributed by atoms with Gasteiger partial charge in [-0.2, -0.15) is 11.8 Å². The van der Waals surface area contributed by atoms with Crippen molar-refractivity contribution in [2.24, 2.45) is 0 Å². The zero-order valence-electron chi connectivity index (χ0n) is 14.7. The van der Waals surface area contributed by atoms with Crippen molar-refractivity contribution in [1.29, 1.82) is 0 Å². The Morgan fingerprint density at radius 1 is 1.14 bits per heavy atom. The Hall–Kier alpha value is -2.61. The molecular formula is C20H14F4N2OS. The highest BCUT2D eigenvalue weighted by molar-refractivity contribution is 8.00. The van der Waals surface area contributed by atoms with Gasteiger partial charge < -0.3 is 5.32 Å². The van der Waals surface area contributed by atoms with Crippen molar-refractivity contribution in [3.8, 4) is 11.1 Å². The zero-order valence-corrected chi connectivity index (χ0v) is 15.5. The molecule has 1 aliphatic rings. The number of rotatable bonds is 3. The summed E-state index contributed by atoms with van der Waals surface area (Å²) in [4.78, 5) is 16.5. The van der Waals surface area contributed by atoms with Crippen molar-refractivity contribution in [2.45, 2.75) is 5.92 Å². The van der Waals surface area contributed by atoms with E-state index in [-0.39, 0.29) is 22.9 Å². The maximum atomic E-state index is 14.7. The summed E-state index contributed by atoms with van der Waals surface area (Å²) >= 11 is 1.70. The van der Waals surface area contributed by atoms with Gasteiger partial charge in [-0.25, -0.2) is 17.6 Å². The molecule has 3 aromatic rings. The summed E-state index contributed by atoms with van der Waals surface area (Å²) in [5.41, 5.74) is 0.216. The number of amides is 1. The highest BCUT2D eigenvalue weighted by Gasteiger charge is 2.29. The van der Waals surface area contributed by atoms with E-state index in [2.05, 4.69) is 10.3 Å². The molecule has 0 aliphatic carbocycles. The number of hydrogen-bond donors (Lipinski definition) is 1. The SMILES string of the molecule is CNC(=O)c1cnc2c(-c3cc(F)cc(F)c3F)c(F)ccc2c1C1CSC1.